The van der Waals surface area contributed by atoms with Gasteiger partial charge < -0.3 is 16.0 Å². The van der Waals surface area contributed by atoms with Crippen LogP contribution in [0.2, 0.25) is 0 Å². The Hall–Kier alpha value is -3.03. The summed E-state index contributed by atoms with van der Waals surface area (Å²) in [5.41, 5.74) is 1.79. The summed E-state index contributed by atoms with van der Waals surface area (Å²) in [5.74, 6) is 0.525. The lowest BCUT2D eigenvalue weighted by Gasteiger charge is -2.13. The normalized spacial score (nSPS) is 11.8. The summed E-state index contributed by atoms with van der Waals surface area (Å²) in [5, 5.41) is 9.04. The van der Waals surface area contributed by atoms with Gasteiger partial charge in [-0.05, 0) is 41.8 Å². The van der Waals surface area contributed by atoms with Gasteiger partial charge in [-0.25, -0.2) is 0 Å². The first-order chi connectivity index (χ1) is 13.8. The number of aliphatic imine (C=N–C) groups is 1. The Morgan fingerprint density at radius 1 is 0.931 bits per heavy atom. The molecule has 8 heteroatoms. The van der Waals surface area contributed by atoms with Gasteiger partial charge in [0.05, 0.1) is 5.56 Å². The molecule has 0 bridgehead atoms. The third-order valence-electron chi connectivity index (χ3n) is 4.14. The summed E-state index contributed by atoms with van der Waals surface area (Å²) in [6, 6.07) is 12.5. The minimum absolute atomic E-state index is 0.00811. The Morgan fingerprint density at radius 2 is 1.45 bits per heavy atom. The van der Waals surface area contributed by atoms with Gasteiger partial charge in [0.15, 0.2) is 5.96 Å². The second kappa shape index (κ2) is 10.5. The van der Waals surface area contributed by atoms with Crippen molar-refractivity contribution in [3.63, 3.8) is 0 Å². The highest BCUT2D eigenvalue weighted by Crippen LogP contribution is 2.29. The number of amides is 1. The van der Waals surface area contributed by atoms with Crippen molar-refractivity contribution < 1.29 is 18.0 Å². The standard InChI is InChI=1S/C21H25F3N4O/c1-3-4-19(29)28-18-11-7-16(8-12-18)14-27-20(25-2)26-13-15-5-9-17(10-6-15)21(22,23)24/h5-12H,3-4,13-14H2,1-2H3,(H,28,29)(H2,25,26,27). The van der Waals surface area contributed by atoms with Gasteiger partial charge in [0.1, 0.15) is 0 Å². The number of nitrogens with one attached hydrogen (secondary N) is 3. The van der Waals surface area contributed by atoms with Gasteiger partial charge in [-0.1, -0.05) is 31.2 Å². The third kappa shape index (κ3) is 7.48. The van der Waals surface area contributed by atoms with Crippen LogP contribution in [-0.2, 0) is 24.1 Å². The largest absolute Gasteiger partial charge is 0.416 e. The second-order valence-corrected chi connectivity index (χ2v) is 6.47. The van der Waals surface area contributed by atoms with E-state index in [1.54, 1.807) is 7.05 Å². The number of rotatable bonds is 7. The Bertz CT molecular complexity index is 815. The number of benzene rings is 2. The fraction of sp³-hybridized carbons (Fsp3) is 0.333. The SMILES string of the molecule is CCCC(=O)Nc1ccc(CNC(=NC)NCc2ccc(C(F)(F)F)cc2)cc1. The molecular weight excluding hydrogens is 381 g/mol. The minimum Gasteiger partial charge on any atom is -0.352 e. The maximum Gasteiger partial charge on any atom is 0.416 e. The predicted molar refractivity (Wildman–Crippen MR) is 108 cm³/mol. The molecule has 0 heterocycles. The van der Waals surface area contributed by atoms with Crippen molar-refractivity contribution in [1.29, 1.82) is 0 Å². The lowest BCUT2D eigenvalue weighted by Crippen LogP contribution is -2.36. The number of halogens is 3. The summed E-state index contributed by atoms with van der Waals surface area (Å²) >= 11 is 0. The number of hydrogen-bond donors (Lipinski definition) is 3. The highest BCUT2D eigenvalue weighted by Gasteiger charge is 2.29. The average Bonchev–Trinajstić information content (AvgIpc) is 2.69. The van der Waals surface area contributed by atoms with E-state index in [-0.39, 0.29) is 5.91 Å². The molecule has 0 fully saturated rings. The molecule has 0 aromatic heterocycles. The van der Waals surface area contributed by atoms with Crippen LogP contribution in [0.25, 0.3) is 0 Å². The highest BCUT2D eigenvalue weighted by molar-refractivity contribution is 5.90. The zero-order valence-electron chi connectivity index (χ0n) is 16.4. The first kappa shape index (κ1) is 22.3. The molecule has 0 saturated carbocycles. The molecule has 1 amide bonds. The van der Waals surface area contributed by atoms with Crippen LogP contribution in [0.3, 0.4) is 0 Å². The fourth-order valence-electron chi connectivity index (χ4n) is 2.56. The molecule has 2 rings (SSSR count). The minimum atomic E-state index is -4.34. The van der Waals surface area contributed by atoms with Gasteiger partial charge in [0.2, 0.25) is 5.91 Å². The van der Waals surface area contributed by atoms with Gasteiger partial charge in [-0.15, -0.1) is 0 Å². The molecule has 0 atom stereocenters. The van der Waals surface area contributed by atoms with Crippen molar-refractivity contribution in [2.24, 2.45) is 4.99 Å². The van der Waals surface area contributed by atoms with E-state index >= 15 is 0 Å². The molecule has 0 spiro atoms. The van der Waals surface area contributed by atoms with Crippen LogP contribution in [0, 0.1) is 0 Å². The summed E-state index contributed by atoms with van der Waals surface area (Å²) < 4.78 is 37.8. The van der Waals surface area contributed by atoms with Crippen molar-refractivity contribution in [3.8, 4) is 0 Å². The highest BCUT2D eigenvalue weighted by atomic mass is 19.4. The van der Waals surface area contributed by atoms with Crippen molar-refractivity contribution in [2.45, 2.75) is 39.0 Å². The molecule has 0 unspecified atom stereocenters. The molecule has 0 aliphatic heterocycles. The van der Waals surface area contributed by atoms with Gasteiger partial charge in [0, 0.05) is 32.2 Å². The smallest absolute Gasteiger partial charge is 0.352 e. The van der Waals surface area contributed by atoms with E-state index in [1.807, 2.05) is 31.2 Å². The lowest BCUT2D eigenvalue weighted by molar-refractivity contribution is -0.137. The van der Waals surface area contributed by atoms with E-state index in [4.69, 9.17) is 0 Å². The number of hydrogen-bond acceptors (Lipinski definition) is 2. The Balaban J connectivity index is 1.82. The van der Waals surface area contributed by atoms with Crippen molar-refractivity contribution in [3.05, 3.63) is 65.2 Å². The summed E-state index contributed by atoms with van der Waals surface area (Å²) in [4.78, 5) is 15.7. The molecule has 2 aromatic carbocycles. The number of nitrogens with zero attached hydrogens (tertiary/aromatic N) is 1. The van der Waals surface area contributed by atoms with Crippen molar-refractivity contribution >= 4 is 17.6 Å². The Labute approximate surface area is 168 Å². The number of carbonyl (C=O) groups is 1. The first-order valence-corrected chi connectivity index (χ1v) is 9.31. The summed E-state index contributed by atoms with van der Waals surface area (Å²) in [7, 11) is 1.62. The molecule has 0 saturated heterocycles. The lowest BCUT2D eigenvalue weighted by atomic mass is 10.1. The van der Waals surface area contributed by atoms with Crippen molar-refractivity contribution in [2.75, 3.05) is 12.4 Å². The monoisotopic (exact) mass is 406 g/mol. The van der Waals surface area contributed by atoms with Crippen LogP contribution >= 0.6 is 0 Å². The summed E-state index contributed by atoms with van der Waals surface area (Å²) in [6.07, 6.45) is -3.05. The van der Waals surface area contributed by atoms with E-state index in [2.05, 4.69) is 20.9 Å². The molecule has 0 aliphatic rings. The first-order valence-electron chi connectivity index (χ1n) is 9.31. The molecule has 0 aliphatic carbocycles. The van der Waals surface area contributed by atoms with Crippen LogP contribution in [0.15, 0.2) is 53.5 Å². The van der Waals surface area contributed by atoms with E-state index in [0.717, 1.165) is 29.8 Å². The van der Waals surface area contributed by atoms with E-state index in [0.29, 0.717) is 31.0 Å². The number of guanidine groups is 1. The maximum absolute atomic E-state index is 12.6. The predicted octanol–water partition coefficient (Wildman–Crippen LogP) is 4.31. The Kier molecular flexibility index (Phi) is 8.06. The fourth-order valence-corrected chi connectivity index (χ4v) is 2.56. The van der Waals surface area contributed by atoms with E-state index in [1.165, 1.54) is 12.1 Å². The maximum atomic E-state index is 12.6. The van der Waals surface area contributed by atoms with Gasteiger partial charge >= 0.3 is 6.18 Å². The number of anilines is 1. The quantitative estimate of drug-likeness (QED) is 0.474. The van der Waals surface area contributed by atoms with E-state index < -0.39 is 11.7 Å². The number of alkyl halides is 3. The van der Waals surface area contributed by atoms with Crippen LogP contribution < -0.4 is 16.0 Å². The summed E-state index contributed by atoms with van der Waals surface area (Å²) in [6.45, 7) is 2.81. The average molecular weight is 406 g/mol. The molecule has 5 nitrogen and oxygen atoms in total. The van der Waals surface area contributed by atoms with Gasteiger partial charge in [-0.3, -0.25) is 9.79 Å². The van der Waals surface area contributed by atoms with Gasteiger partial charge in [-0.2, -0.15) is 13.2 Å². The van der Waals surface area contributed by atoms with Crippen LogP contribution in [0.4, 0.5) is 18.9 Å². The van der Waals surface area contributed by atoms with Crippen LogP contribution in [-0.4, -0.2) is 18.9 Å². The van der Waals surface area contributed by atoms with Crippen LogP contribution in [0.1, 0.15) is 36.5 Å². The molecule has 156 valence electrons. The number of carbonyl (C=O) groups excluding carboxylic acids is 1. The topological polar surface area (TPSA) is 65.5 Å². The van der Waals surface area contributed by atoms with Crippen LogP contribution in [0.5, 0.6) is 0 Å². The molecule has 0 radical (unpaired) electrons. The second-order valence-electron chi connectivity index (χ2n) is 6.47. The molecule has 29 heavy (non-hydrogen) atoms. The zero-order valence-corrected chi connectivity index (χ0v) is 16.4. The van der Waals surface area contributed by atoms with Crippen molar-refractivity contribution in [1.82, 2.24) is 10.6 Å². The van der Waals surface area contributed by atoms with E-state index in [9.17, 15) is 18.0 Å². The third-order valence-corrected chi connectivity index (χ3v) is 4.14. The molecule has 2 aromatic rings. The molecular formula is C21H25F3N4O. The molecule has 3 N–H and O–H groups in total. The zero-order chi connectivity index (χ0) is 21.3. The Morgan fingerprint density at radius 3 is 1.90 bits per heavy atom. The van der Waals surface area contributed by atoms with Gasteiger partial charge in [0.25, 0.3) is 0 Å².